The second-order valence-electron chi connectivity index (χ2n) is 5.05. The summed E-state index contributed by atoms with van der Waals surface area (Å²) < 4.78 is 0. The minimum absolute atomic E-state index is 0.600. The van der Waals surface area contributed by atoms with Crippen LogP contribution in [0.5, 0.6) is 0 Å². The summed E-state index contributed by atoms with van der Waals surface area (Å²) in [5.41, 5.74) is 0.228. The Morgan fingerprint density at radius 3 is 2.83 bits per heavy atom. The number of piperidine rings is 1. The molecule has 1 fully saturated rings. The number of hydrogen-bond acceptors (Lipinski definition) is 2. The van der Waals surface area contributed by atoms with Gasteiger partial charge in [0, 0.05) is 11.6 Å². The zero-order valence-corrected chi connectivity index (χ0v) is 11.3. The zero-order chi connectivity index (χ0) is 13.2. The van der Waals surface area contributed by atoms with Crippen LogP contribution in [0, 0.1) is 0 Å². The monoisotopic (exact) mass is 267 g/mol. The standard InChI is InChI=1S/C14H18ClNO2/c1-14(13(17)18)8-4-5-9-16(14)10-11-6-2-3-7-12(11)15/h2-3,6-7H,4-5,8-10H2,1H3,(H,17,18). The molecule has 98 valence electrons. The van der Waals surface area contributed by atoms with E-state index in [2.05, 4.69) is 0 Å². The maximum atomic E-state index is 11.5. The molecule has 18 heavy (non-hydrogen) atoms. The van der Waals surface area contributed by atoms with Crippen LogP contribution in [-0.4, -0.2) is 28.1 Å². The predicted octanol–water partition coefficient (Wildman–Crippen LogP) is 3.17. The number of benzene rings is 1. The summed E-state index contributed by atoms with van der Waals surface area (Å²) in [7, 11) is 0. The highest BCUT2D eigenvalue weighted by molar-refractivity contribution is 6.31. The lowest BCUT2D eigenvalue weighted by molar-refractivity contribution is -0.153. The van der Waals surface area contributed by atoms with Crippen molar-refractivity contribution in [2.24, 2.45) is 0 Å². The number of rotatable bonds is 3. The number of carboxylic acids is 1. The van der Waals surface area contributed by atoms with Crippen molar-refractivity contribution < 1.29 is 9.90 Å². The molecule has 4 heteroatoms. The van der Waals surface area contributed by atoms with Gasteiger partial charge in [0.15, 0.2) is 0 Å². The molecule has 0 radical (unpaired) electrons. The van der Waals surface area contributed by atoms with Crippen molar-refractivity contribution in [3.63, 3.8) is 0 Å². The van der Waals surface area contributed by atoms with Crippen molar-refractivity contribution in [2.45, 2.75) is 38.3 Å². The molecule has 0 saturated carbocycles. The van der Waals surface area contributed by atoms with Gasteiger partial charge in [-0.15, -0.1) is 0 Å². The Kier molecular flexibility index (Phi) is 3.93. The molecule has 1 aromatic rings. The maximum Gasteiger partial charge on any atom is 0.323 e. The van der Waals surface area contributed by atoms with Crippen molar-refractivity contribution in [1.29, 1.82) is 0 Å². The van der Waals surface area contributed by atoms with E-state index in [0.29, 0.717) is 18.0 Å². The first kappa shape index (κ1) is 13.4. The van der Waals surface area contributed by atoms with Gasteiger partial charge in [-0.1, -0.05) is 29.8 Å². The van der Waals surface area contributed by atoms with Crippen LogP contribution in [0.4, 0.5) is 0 Å². The number of likely N-dealkylation sites (tertiary alicyclic amines) is 1. The fourth-order valence-electron chi connectivity index (χ4n) is 2.50. The highest BCUT2D eigenvalue weighted by Gasteiger charge is 2.41. The van der Waals surface area contributed by atoms with Gasteiger partial charge in [-0.25, -0.2) is 0 Å². The Hall–Kier alpha value is -1.06. The van der Waals surface area contributed by atoms with E-state index in [9.17, 15) is 9.90 Å². The predicted molar refractivity (Wildman–Crippen MR) is 71.8 cm³/mol. The minimum Gasteiger partial charge on any atom is -0.480 e. The first-order chi connectivity index (χ1) is 8.54. The Balaban J connectivity index is 2.21. The van der Waals surface area contributed by atoms with E-state index in [0.717, 1.165) is 24.9 Å². The van der Waals surface area contributed by atoms with Crippen molar-refractivity contribution in [2.75, 3.05) is 6.54 Å². The first-order valence-corrected chi connectivity index (χ1v) is 6.64. The molecule has 1 N–H and O–H groups in total. The molecule has 1 atom stereocenters. The summed E-state index contributed by atoms with van der Waals surface area (Å²) >= 11 is 6.14. The fraction of sp³-hybridized carbons (Fsp3) is 0.500. The van der Waals surface area contributed by atoms with Gasteiger partial charge >= 0.3 is 5.97 Å². The normalized spacial score (nSPS) is 25.0. The van der Waals surface area contributed by atoms with Crippen LogP contribution in [0.1, 0.15) is 31.7 Å². The van der Waals surface area contributed by atoms with Crippen molar-refractivity contribution in [3.05, 3.63) is 34.9 Å². The van der Waals surface area contributed by atoms with Crippen LogP contribution in [0.3, 0.4) is 0 Å². The van der Waals surface area contributed by atoms with Gasteiger partial charge in [0.2, 0.25) is 0 Å². The van der Waals surface area contributed by atoms with E-state index >= 15 is 0 Å². The van der Waals surface area contributed by atoms with Gasteiger partial charge < -0.3 is 5.11 Å². The van der Waals surface area contributed by atoms with E-state index in [-0.39, 0.29) is 0 Å². The third-order valence-corrected chi connectivity index (χ3v) is 4.19. The molecule has 1 unspecified atom stereocenters. The van der Waals surface area contributed by atoms with Crippen LogP contribution in [0.15, 0.2) is 24.3 Å². The second-order valence-corrected chi connectivity index (χ2v) is 5.46. The molecule has 0 bridgehead atoms. The van der Waals surface area contributed by atoms with Gasteiger partial charge in [0.25, 0.3) is 0 Å². The Bertz CT molecular complexity index is 449. The highest BCUT2D eigenvalue weighted by Crippen LogP contribution is 2.31. The second kappa shape index (κ2) is 5.29. The van der Waals surface area contributed by atoms with Crippen molar-refractivity contribution in [1.82, 2.24) is 4.90 Å². The fourth-order valence-corrected chi connectivity index (χ4v) is 2.70. The van der Waals surface area contributed by atoms with Crippen LogP contribution < -0.4 is 0 Å². The topological polar surface area (TPSA) is 40.5 Å². The van der Waals surface area contributed by atoms with Crippen molar-refractivity contribution in [3.8, 4) is 0 Å². The Labute approximate surface area is 112 Å². The third-order valence-electron chi connectivity index (χ3n) is 3.82. The van der Waals surface area contributed by atoms with Gasteiger partial charge in [-0.3, -0.25) is 9.69 Å². The van der Waals surface area contributed by atoms with E-state index in [1.807, 2.05) is 36.1 Å². The molecule has 1 aliphatic heterocycles. The lowest BCUT2D eigenvalue weighted by atomic mass is 9.88. The number of halogens is 1. The lowest BCUT2D eigenvalue weighted by Gasteiger charge is -2.41. The molecule has 3 nitrogen and oxygen atoms in total. The summed E-state index contributed by atoms with van der Waals surface area (Å²) in [6.45, 7) is 3.22. The average Bonchev–Trinajstić information content (AvgIpc) is 2.34. The number of carbonyl (C=O) groups is 1. The Morgan fingerprint density at radius 2 is 2.17 bits per heavy atom. The smallest absolute Gasteiger partial charge is 0.323 e. The third kappa shape index (κ3) is 2.52. The SMILES string of the molecule is CC1(C(=O)O)CCCCN1Cc1ccccc1Cl. The largest absolute Gasteiger partial charge is 0.480 e. The molecule has 2 rings (SSSR count). The van der Waals surface area contributed by atoms with Crippen LogP contribution in [0.2, 0.25) is 5.02 Å². The summed E-state index contributed by atoms with van der Waals surface area (Å²) in [4.78, 5) is 13.5. The van der Waals surface area contributed by atoms with E-state index in [4.69, 9.17) is 11.6 Å². The molecule has 0 aromatic heterocycles. The summed E-state index contributed by atoms with van der Waals surface area (Å²) in [5, 5.41) is 10.1. The molecule has 1 saturated heterocycles. The molecule has 0 amide bonds. The van der Waals surface area contributed by atoms with Crippen molar-refractivity contribution >= 4 is 17.6 Å². The lowest BCUT2D eigenvalue weighted by Crippen LogP contribution is -2.54. The van der Waals surface area contributed by atoms with E-state index in [1.165, 1.54) is 0 Å². The minimum atomic E-state index is -0.766. The van der Waals surface area contributed by atoms with Gasteiger partial charge in [-0.05, 0) is 44.4 Å². The number of carboxylic acid groups (broad SMARTS) is 1. The molecule has 1 aromatic carbocycles. The quantitative estimate of drug-likeness (QED) is 0.914. The van der Waals surface area contributed by atoms with Crippen LogP contribution in [0.25, 0.3) is 0 Å². The zero-order valence-electron chi connectivity index (χ0n) is 10.5. The number of nitrogens with zero attached hydrogens (tertiary/aromatic N) is 1. The average molecular weight is 268 g/mol. The summed E-state index contributed by atoms with van der Waals surface area (Å²) in [6, 6.07) is 7.62. The van der Waals surface area contributed by atoms with Crippen LogP contribution >= 0.6 is 11.6 Å². The van der Waals surface area contributed by atoms with Gasteiger partial charge in [0.05, 0.1) is 0 Å². The van der Waals surface area contributed by atoms with Gasteiger partial charge in [0.1, 0.15) is 5.54 Å². The molecular formula is C14H18ClNO2. The molecule has 1 heterocycles. The summed E-state index contributed by atoms with van der Waals surface area (Å²) in [6.07, 6.45) is 2.72. The van der Waals surface area contributed by atoms with E-state index in [1.54, 1.807) is 0 Å². The molecule has 0 aliphatic carbocycles. The molecule has 0 spiro atoms. The summed E-state index contributed by atoms with van der Waals surface area (Å²) in [5.74, 6) is -0.741. The number of aliphatic carboxylic acids is 1. The maximum absolute atomic E-state index is 11.5. The van der Waals surface area contributed by atoms with E-state index < -0.39 is 11.5 Å². The Morgan fingerprint density at radius 1 is 1.44 bits per heavy atom. The molecular weight excluding hydrogens is 250 g/mol. The highest BCUT2D eigenvalue weighted by atomic mass is 35.5. The first-order valence-electron chi connectivity index (χ1n) is 6.26. The van der Waals surface area contributed by atoms with Gasteiger partial charge in [-0.2, -0.15) is 0 Å². The van der Waals surface area contributed by atoms with Crippen LogP contribution in [-0.2, 0) is 11.3 Å². The molecule has 1 aliphatic rings. The number of hydrogen-bond donors (Lipinski definition) is 1.